The van der Waals surface area contributed by atoms with Gasteiger partial charge in [0.25, 0.3) is 0 Å². The van der Waals surface area contributed by atoms with E-state index in [1.807, 2.05) is 6.07 Å². The van der Waals surface area contributed by atoms with Crippen molar-refractivity contribution in [2.45, 2.75) is 32.1 Å². The molecule has 0 aliphatic heterocycles. The van der Waals surface area contributed by atoms with Crippen LogP contribution in [0.4, 0.5) is 8.78 Å². The van der Waals surface area contributed by atoms with E-state index in [0.717, 1.165) is 36.0 Å². The second kappa shape index (κ2) is 6.51. The summed E-state index contributed by atoms with van der Waals surface area (Å²) >= 11 is 0. The van der Waals surface area contributed by atoms with Crippen LogP contribution in [0.2, 0.25) is 0 Å². The highest BCUT2D eigenvalue weighted by atomic mass is 19.3. The van der Waals surface area contributed by atoms with Crippen molar-refractivity contribution in [3.8, 4) is 11.3 Å². The summed E-state index contributed by atoms with van der Waals surface area (Å²) in [6.07, 6.45) is 10.4. The first-order chi connectivity index (χ1) is 12.2. The number of aromatic nitrogens is 5. The van der Waals surface area contributed by atoms with Crippen LogP contribution in [0.25, 0.3) is 22.3 Å². The first-order valence-corrected chi connectivity index (χ1v) is 8.23. The molecule has 128 valence electrons. The van der Waals surface area contributed by atoms with E-state index in [0.29, 0.717) is 11.3 Å². The Morgan fingerprint density at radius 2 is 2.32 bits per heavy atom. The monoisotopic (exact) mass is 343 g/mol. The summed E-state index contributed by atoms with van der Waals surface area (Å²) in [5.41, 5.74) is 3.18. The topological polar surface area (TPSA) is 63.8 Å². The molecule has 0 bridgehead atoms. The lowest BCUT2D eigenvalue weighted by Gasteiger charge is -2.14. The fourth-order valence-corrected chi connectivity index (χ4v) is 3.09. The fraction of sp³-hybridized carbons (Fsp3) is 0.353. The number of H-pyrrole nitrogens is 1. The summed E-state index contributed by atoms with van der Waals surface area (Å²) in [6.45, 7) is 0.210. The van der Waals surface area contributed by atoms with Gasteiger partial charge in [0.1, 0.15) is 36.0 Å². The highest BCUT2D eigenvalue weighted by Crippen LogP contribution is 2.24. The van der Waals surface area contributed by atoms with Gasteiger partial charge in [0.2, 0.25) is 12.6 Å². The number of alkyl halides is 2. The molecule has 1 N–H and O–H groups in total. The van der Waals surface area contributed by atoms with Crippen molar-refractivity contribution in [3.63, 3.8) is 0 Å². The van der Waals surface area contributed by atoms with Crippen LogP contribution >= 0.6 is 0 Å². The number of fused-ring (bicyclic) bond motifs is 1. The molecule has 0 spiro atoms. The molecule has 0 saturated heterocycles. The van der Waals surface area contributed by atoms with Crippen LogP contribution in [-0.2, 0) is 0 Å². The van der Waals surface area contributed by atoms with Crippen LogP contribution in [0.3, 0.4) is 0 Å². The minimum absolute atomic E-state index is 0.206. The second-order valence-corrected chi connectivity index (χ2v) is 5.93. The van der Waals surface area contributed by atoms with Crippen LogP contribution < -0.4 is 10.1 Å². The number of nitrogens with zero attached hydrogens (tertiary/aromatic N) is 5. The van der Waals surface area contributed by atoms with Crippen molar-refractivity contribution < 1.29 is 13.9 Å². The maximum absolute atomic E-state index is 12.7. The number of hydrogen-bond acceptors (Lipinski definition) is 3. The molecule has 4 rings (SSSR count). The molecule has 3 heterocycles. The van der Waals surface area contributed by atoms with E-state index in [1.54, 1.807) is 22.2 Å². The smallest absolute Gasteiger partial charge is 0.242 e. The molecular formula is C17H17F2N6+. The number of allylic oxidation sites excluding steroid dienone is 2. The van der Waals surface area contributed by atoms with Gasteiger partial charge in [-0.2, -0.15) is 0 Å². The number of nitrogens with one attached hydrogen (secondary N) is 1. The minimum Gasteiger partial charge on any atom is -0.346 e. The van der Waals surface area contributed by atoms with Gasteiger partial charge >= 0.3 is 0 Å². The third-order valence-corrected chi connectivity index (χ3v) is 4.28. The zero-order chi connectivity index (χ0) is 17.2. The van der Waals surface area contributed by atoms with Gasteiger partial charge in [0, 0.05) is 29.2 Å². The van der Waals surface area contributed by atoms with Gasteiger partial charge in [-0.3, -0.25) is 0 Å². The molecule has 6 nitrogen and oxygen atoms in total. The predicted molar refractivity (Wildman–Crippen MR) is 87.4 cm³/mol. The molecular weight excluding hydrogens is 326 g/mol. The summed E-state index contributed by atoms with van der Waals surface area (Å²) in [6, 6.07) is 1.89. The molecule has 3 aromatic rings. The van der Waals surface area contributed by atoms with Crippen molar-refractivity contribution in [2.24, 2.45) is 0 Å². The molecule has 0 fully saturated rings. The molecule has 25 heavy (non-hydrogen) atoms. The lowest BCUT2D eigenvalue weighted by molar-refractivity contribution is -0.416. The summed E-state index contributed by atoms with van der Waals surface area (Å²) in [7, 11) is 0. The van der Waals surface area contributed by atoms with Gasteiger partial charge in [-0.1, -0.05) is 5.10 Å². The third-order valence-electron chi connectivity index (χ3n) is 4.28. The molecule has 1 aliphatic carbocycles. The Hall–Kier alpha value is -2.95. The Morgan fingerprint density at radius 1 is 1.40 bits per heavy atom. The third kappa shape index (κ3) is 3.05. The maximum Gasteiger partial charge on any atom is 0.242 e. The lowest BCUT2D eigenvalue weighted by Crippen LogP contribution is -2.40. The molecule has 8 heteroatoms. The van der Waals surface area contributed by atoms with E-state index in [2.05, 4.69) is 32.3 Å². The van der Waals surface area contributed by atoms with Gasteiger partial charge in [-0.25, -0.2) is 18.7 Å². The maximum atomic E-state index is 12.7. The van der Waals surface area contributed by atoms with Gasteiger partial charge in [0.15, 0.2) is 0 Å². The molecule has 0 aromatic carbocycles. The molecule has 0 radical (unpaired) electrons. The lowest BCUT2D eigenvalue weighted by atomic mass is 10.2. The number of aromatic amines is 1. The summed E-state index contributed by atoms with van der Waals surface area (Å²) in [5.74, 6) is 0. The molecule has 0 atom stereocenters. The van der Waals surface area contributed by atoms with Gasteiger partial charge in [-0.05, 0) is 25.0 Å². The SMILES string of the molecule is FC(F)CCN(C1=CCCC1)n1cc(-c2ncnc3[nH]ccc23)c#[n+]1. The predicted octanol–water partition coefficient (Wildman–Crippen LogP) is 2.49. The summed E-state index contributed by atoms with van der Waals surface area (Å²) < 4.78 is 25.4. The second-order valence-electron chi connectivity index (χ2n) is 5.93. The van der Waals surface area contributed by atoms with Crippen LogP contribution in [0.1, 0.15) is 25.7 Å². The van der Waals surface area contributed by atoms with Crippen molar-refractivity contribution in [1.82, 2.24) is 19.7 Å². The van der Waals surface area contributed by atoms with Crippen LogP contribution in [0.5, 0.6) is 0 Å². The largest absolute Gasteiger partial charge is 0.346 e. The highest BCUT2D eigenvalue weighted by Gasteiger charge is 2.25. The summed E-state index contributed by atoms with van der Waals surface area (Å²) in [5, 5.41) is 6.94. The molecule has 0 unspecified atom stereocenters. The number of rotatable bonds is 6. The number of hydrogen-bond donors (Lipinski definition) is 1. The molecule has 0 amide bonds. The van der Waals surface area contributed by atoms with Gasteiger partial charge in [-0.15, -0.1) is 5.01 Å². The Labute approximate surface area is 143 Å². The average Bonchev–Trinajstić information content (AvgIpc) is 3.36. The summed E-state index contributed by atoms with van der Waals surface area (Å²) in [4.78, 5) is 13.1. The molecule has 1 aliphatic rings. The van der Waals surface area contributed by atoms with Crippen LogP contribution in [0, 0.1) is 6.20 Å². The van der Waals surface area contributed by atoms with E-state index in [9.17, 15) is 8.78 Å². The zero-order valence-corrected chi connectivity index (χ0v) is 13.5. The zero-order valence-electron chi connectivity index (χ0n) is 13.5. The Morgan fingerprint density at radius 3 is 3.12 bits per heavy atom. The van der Waals surface area contributed by atoms with Crippen molar-refractivity contribution >= 4 is 11.0 Å². The Balaban J connectivity index is 1.67. The van der Waals surface area contributed by atoms with Gasteiger partial charge < -0.3 is 4.98 Å². The van der Waals surface area contributed by atoms with Crippen LogP contribution in [-0.4, -0.2) is 32.7 Å². The first-order valence-electron chi connectivity index (χ1n) is 8.23. The van der Waals surface area contributed by atoms with E-state index in [-0.39, 0.29) is 13.0 Å². The molecule has 0 saturated carbocycles. The Kier molecular flexibility index (Phi) is 4.06. The standard InChI is InChI=1S/C17H17F2N6/c18-15(19)6-8-24(13-3-1-2-4-13)25-10-12(9-23-25)16-14-5-7-20-17(14)22-11-21-16/h3,5,7,10-11,15H,1-2,4,6,8H2,(H,20,21,22)/q+1. The van der Waals surface area contributed by atoms with Gasteiger partial charge in [0.05, 0.1) is 5.69 Å². The average molecular weight is 343 g/mol. The minimum atomic E-state index is -2.34. The van der Waals surface area contributed by atoms with Crippen LogP contribution in [0.15, 0.2) is 36.6 Å². The van der Waals surface area contributed by atoms with E-state index in [1.165, 1.54) is 6.33 Å². The highest BCUT2D eigenvalue weighted by molar-refractivity contribution is 5.89. The van der Waals surface area contributed by atoms with Crippen molar-refractivity contribution in [3.05, 3.63) is 42.8 Å². The Bertz CT molecular complexity index is 897. The van der Waals surface area contributed by atoms with Crippen molar-refractivity contribution in [2.75, 3.05) is 11.6 Å². The normalized spacial score (nSPS) is 14.1. The quantitative estimate of drug-likeness (QED) is 0.747. The van der Waals surface area contributed by atoms with Crippen molar-refractivity contribution in [1.29, 1.82) is 0 Å². The van der Waals surface area contributed by atoms with E-state index >= 15 is 0 Å². The van der Waals surface area contributed by atoms with E-state index < -0.39 is 6.43 Å². The van der Waals surface area contributed by atoms with E-state index in [4.69, 9.17) is 0 Å². The first kappa shape index (κ1) is 15.6. The molecule has 3 aromatic heterocycles. The number of halogens is 2. The fourth-order valence-electron chi connectivity index (χ4n) is 3.09.